The molecule has 0 aliphatic carbocycles. The molecule has 1 N–H and O–H groups in total. The van der Waals surface area contributed by atoms with Gasteiger partial charge in [-0.1, -0.05) is 54.1 Å². The second kappa shape index (κ2) is 8.66. The van der Waals surface area contributed by atoms with E-state index in [9.17, 15) is 10.1 Å². The largest absolute Gasteiger partial charge is 0.345 e. The number of carbonyl (C=O) groups excluding carboxylic acids is 1. The molecule has 0 saturated heterocycles. The van der Waals surface area contributed by atoms with Crippen molar-refractivity contribution in [3.8, 4) is 6.07 Å². The van der Waals surface area contributed by atoms with Crippen LogP contribution in [0, 0.1) is 11.3 Å². The second-order valence-corrected chi connectivity index (χ2v) is 5.43. The minimum absolute atomic E-state index is 0.0241. The number of amides is 1. The number of nitrogens with one attached hydrogen (secondary N) is 1. The number of hydrogen-bond donors (Lipinski definition) is 1. The summed E-state index contributed by atoms with van der Waals surface area (Å²) in [5.41, 5.74) is 1.65. The van der Waals surface area contributed by atoms with Gasteiger partial charge in [-0.05, 0) is 36.8 Å². The van der Waals surface area contributed by atoms with Gasteiger partial charge < -0.3 is 5.32 Å². The number of carbonyl (C=O) groups is 1. The third-order valence-electron chi connectivity index (χ3n) is 3.28. The highest BCUT2D eigenvalue weighted by Gasteiger charge is 2.12. The van der Waals surface area contributed by atoms with Gasteiger partial charge in [0.15, 0.2) is 0 Å². The number of pyridine rings is 1. The molecule has 0 bridgehead atoms. The summed E-state index contributed by atoms with van der Waals surface area (Å²) in [6.45, 7) is 1.87. The summed E-state index contributed by atoms with van der Waals surface area (Å²) >= 11 is 5.80. The number of hydrogen-bond acceptors (Lipinski definition) is 3. The molecule has 24 heavy (non-hydrogen) atoms. The van der Waals surface area contributed by atoms with E-state index in [1.165, 1.54) is 6.08 Å². The molecule has 1 heterocycles. The van der Waals surface area contributed by atoms with Crippen LogP contribution in [-0.2, 0) is 4.79 Å². The minimum Gasteiger partial charge on any atom is -0.345 e. The molecule has 0 aliphatic rings. The monoisotopic (exact) mass is 337 g/mol. The maximum absolute atomic E-state index is 12.2. The van der Waals surface area contributed by atoms with Crippen LogP contribution in [0.5, 0.6) is 0 Å². The molecule has 0 saturated carbocycles. The Morgan fingerprint density at radius 1 is 1.25 bits per heavy atom. The van der Waals surface area contributed by atoms with E-state index < -0.39 is 5.91 Å². The zero-order valence-electron chi connectivity index (χ0n) is 13.1. The minimum atomic E-state index is -0.419. The highest BCUT2D eigenvalue weighted by Crippen LogP contribution is 2.12. The van der Waals surface area contributed by atoms with E-state index in [1.54, 1.807) is 30.4 Å². The fraction of sp³-hybridized carbons (Fsp3) is 0.105. The smallest absolute Gasteiger partial charge is 0.262 e. The lowest BCUT2D eigenvalue weighted by molar-refractivity contribution is -0.117. The molecule has 1 aromatic heterocycles. The average molecular weight is 338 g/mol. The number of nitrogens with zero attached hydrogens (tertiary/aromatic N) is 2. The van der Waals surface area contributed by atoms with Gasteiger partial charge in [0.1, 0.15) is 16.8 Å². The lowest BCUT2D eigenvalue weighted by Gasteiger charge is -2.13. The van der Waals surface area contributed by atoms with Crippen molar-refractivity contribution >= 4 is 23.6 Å². The number of benzene rings is 1. The topological polar surface area (TPSA) is 65.8 Å². The van der Waals surface area contributed by atoms with Crippen LogP contribution >= 0.6 is 11.6 Å². The predicted molar refractivity (Wildman–Crippen MR) is 95.0 cm³/mol. The van der Waals surface area contributed by atoms with Crippen molar-refractivity contribution in [1.82, 2.24) is 10.3 Å². The van der Waals surface area contributed by atoms with Crippen LogP contribution in [0.2, 0.25) is 5.15 Å². The molecule has 5 heteroatoms. The first-order valence-electron chi connectivity index (χ1n) is 7.37. The zero-order chi connectivity index (χ0) is 17.4. The molecule has 2 aromatic rings. The lowest BCUT2D eigenvalue weighted by Crippen LogP contribution is -2.27. The Bertz CT molecular complexity index is 807. The van der Waals surface area contributed by atoms with Crippen molar-refractivity contribution in [2.45, 2.75) is 13.0 Å². The first-order valence-corrected chi connectivity index (χ1v) is 7.75. The van der Waals surface area contributed by atoms with Gasteiger partial charge in [0.05, 0.1) is 11.7 Å². The van der Waals surface area contributed by atoms with Gasteiger partial charge in [-0.3, -0.25) is 4.79 Å². The molecule has 120 valence electrons. The molecule has 0 fully saturated rings. The average Bonchev–Trinajstić information content (AvgIpc) is 2.59. The number of halogens is 1. The van der Waals surface area contributed by atoms with Crippen LogP contribution in [0.3, 0.4) is 0 Å². The molecule has 1 aromatic carbocycles. The number of allylic oxidation sites excluding steroid dienone is 2. The number of aromatic nitrogens is 1. The maximum atomic E-state index is 12.2. The van der Waals surface area contributed by atoms with Crippen LogP contribution in [0.15, 0.2) is 66.3 Å². The van der Waals surface area contributed by atoms with Crippen LogP contribution in [0.1, 0.15) is 24.2 Å². The Labute approximate surface area is 146 Å². The molecule has 4 nitrogen and oxygen atoms in total. The quantitative estimate of drug-likeness (QED) is 0.387. The van der Waals surface area contributed by atoms with Crippen molar-refractivity contribution in [2.24, 2.45) is 0 Å². The van der Waals surface area contributed by atoms with E-state index in [4.69, 9.17) is 11.6 Å². The van der Waals surface area contributed by atoms with E-state index in [0.717, 1.165) is 5.56 Å². The first-order chi connectivity index (χ1) is 11.6. The third-order valence-corrected chi connectivity index (χ3v) is 3.49. The van der Waals surface area contributed by atoms with E-state index in [0.29, 0.717) is 10.8 Å². The van der Waals surface area contributed by atoms with Crippen molar-refractivity contribution in [2.75, 3.05) is 0 Å². The Morgan fingerprint density at radius 2 is 2.00 bits per heavy atom. The lowest BCUT2D eigenvalue weighted by atomic mass is 10.1. The Hall–Kier alpha value is -2.90. The molecule has 0 spiro atoms. The predicted octanol–water partition coefficient (Wildman–Crippen LogP) is 4.08. The highest BCUT2D eigenvalue weighted by molar-refractivity contribution is 6.29. The molecule has 2 rings (SSSR count). The van der Waals surface area contributed by atoms with Gasteiger partial charge in [-0.2, -0.15) is 5.26 Å². The van der Waals surface area contributed by atoms with Crippen molar-refractivity contribution in [3.63, 3.8) is 0 Å². The Kier molecular flexibility index (Phi) is 6.30. The molecular formula is C19H16ClN3O. The standard InChI is InChI=1S/C19H16ClN3O/c1-14(15-7-3-2-4-8-15)22-19(24)16(13-21)9-5-10-17-11-6-12-18(20)23-17/h2-12,14H,1H3,(H,22,24)/t14-/m1/s1. The Morgan fingerprint density at radius 3 is 2.67 bits per heavy atom. The van der Waals surface area contributed by atoms with E-state index in [1.807, 2.05) is 43.3 Å². The molecule has 0 radical (unpaired) electrons. The van der Waals surface area contributed by atoms with Gasteiger partial charge in [-0.25, -0.2) is 4.98 Å². The number of rotatable bonds is 5. The Balaban J connectivity index is 2.04. The van der Waals surface area contributed by atoms with Gasteiger partial charge in [-0.15, -0.1) is 0 Å². The molecule has 0 aliphatic heterocycles. The fourth-order valence-corrected chi connectivity index (χ4v) is 2.19. The molecule has 0 unspecified atom stereocenters. The van der Waals surface area contributed by atoms with Crippen molar-refractivity contribution < 1.29 is 4.79 Å². The molecule has 1 atom stereocenters. The molecular weight excluding hydrogens is 322 g/mol. The molecule has 1 amide bonds. The van der Waals surface area contributed by atoms with Gasteiger partial charge in [0.25, 0.3) is 5.91 Å². The van der Waals surface area contributed by atoms with Crippen LogP contribution in [0.4, 0.5) is 0 Å². The summed E-state index contributed by atoms with van der Waals surface area (Å²) in [5.74, 6) is -0.419. The van der Waals surface area contributed by atoms with Crippen LogP contribution in [0.25, 0.3) is 6.08 Å². The summed E-state index contributed by atoms with van der Waals surface area (Å²) in [6.07, 6.45) is 4.73. The highest BCUT2D eigenvalue weighted by atomic mass is 35.5. The summed E-state index contributed by atoms with van der Waals surface area (Å²) in [4.78, 5) is 16.3. The van der Waals surface area contributed by atoms with Gasteiger partial charge in [0.2, 0.25) is 0 Å². The summed E-state index contributed by atoms with van der Waals surface area (Å²) < 4.78 is 0. The van der Waals surface area contributed by atoms with Crippen molar-refractivity contribution in [1.29, 1.82) is 5.26 Å². The van der Waals surface area contributed by atoms with E-state index in [-0.39, 0.29) is 11.6 Å². The SMILES string of the molecule is C[C@@H](NC(=O)C(C#N)=CC=Cc1cccc(Cl)n1)c1ccccc1. The second-order valence-electron chi connectivity index (χ2n) is 5.04. The zero-order valence-corrected chi connectivity index (χ0v) is 13.9. The fourth-order valence-electron chi connectivity index (χ4n) is 2.02. The first kappa shape index (κ1) is 17.5. The number of nitriles is 1. The van der Waals surface area contributed by atoms with E-state index in [2.05, 4.69) is 10.3 Å². The van der Waals surface area contributed by atoms with Gasteiger partial charge in [0, 0.05) is 0 Å². The van der Waals surface area contributed by atoms with Crippen LogP contribution < -0.4 is 5.32 Å². The summed E-state index contributed by atoms with van der Waals surface area (Å²) in [5, 5.41) is 12.4. The van der Waals surface area contributed by atoms with Gasteiger partial charge >= 0.3 is 0 Å². The maximum Gasteiger partial charge on any atom is 0.262 e. The third kappa shape index (κ3) is 5.08. The summed E-state index contributed by atoms with van der Waals surface area (Å²) in [7, 11) is 0. The normalized spacial score (nSPS) is 12.6. The van der Waals surface area contributed by atoms with Crippen molar-refractivity contribution in [3.05, 3.63) is 82.7 Å². The van der Waals surface area contributed by atoms with Crippen LogP contribution in [-0.4, -0.2) is 10.9 Å². The summed E-state index contributed by atoms with van der Waals surface area (Å²) in [6, 6.07) is 16.5. The van der Waals surface area contributed by atoms with E-state index >= 15 is 0 Å².